The van der Waals surface area contributed by atoms with Gasteiger partial charge in [-0.2, -0.15) is 0 Å². The molecular weight excluding hydrogens is 234 g/mol. The highest BCUT2D eigenvalue weighted by Crippen LogP contribution is 2.28. The van der Waals surface area contributed by atoms with Crippen LogP contribution in [0, 0.1) is 5.41 Å². The first-order valence-electron chi connectivity index (χ1n) is 6.63. The molecule has 98 valence electrons. The zero-order valence-electron chi connectivity index (χ0n) is 11.4. The minimum Gasteiger partial charge on any atom is -0.354 e. The second-order valence-electron chi connectivity index (χ2n) is 5.97. The van der Waals surface area contributed by atoms with Crippen molar-refractivity contribution >= 4 is 21.8 Å². The molecule has 0 bridgehead atoms. The van der Waals surface area contributed by atoms with E-state index >= 15 is 0 Å². The number of nitrogens with one attached hydrogen (secondary N) is 1. The lowest BCUT2D eigenvalue weighted by molar-refractivity contribution is 0.377. The van der Waals surface area contributed by atoms with E-state index in [0.29, 0.717) is 6.54 Å². The van der Waals surface area contributed by atoms with Crippen molar-refractivity contribution in [2.24, 2.45) is 11.1 Å². The van der Waals surface area contributed by atoms with Gasteiger partial charge in [0.25, 0.3) is 0 Å². The first-order chi connectivity index (χ1) is 9.09. The summed E-state index contributed by atoms with van der Waals surface area (Å²) in [7, 11) is 0. The van der Waals surface area contributed by atoms with Gasteiger partial charge in [-0.15, -0.1) is 0 Å². The predicted molar refractivity (Wildman–Crippen MR) is 80.1 cm³/mol. The zero-order valence-corrected chi connectivity index (χ0v) is 11.4. The lowest BCUT2D eigenvalue weighted by atomic mass is 9.85. The Morgan fingerprint density at radius 1 is 1.16 bits per heavy atom. The average Bonchev–Trinajstić information content (AvgIpc) is 2.76. The highest BCUT2D eigenvalue weighted by atomic mass is 14.7. The Labute approximate surface area is 112 Å². The van der Waals surface area contributed by atoms with E-state index in [2.05, 4.69) is 42.0 Å². The van der Waals surface area contributed by atoms with Gasteiger partial charge in [-0.1, -0.05) is 19.9 Å². The maximum absolute atomic E-state index is 5.82. The maximum atomic E-state index is 5.82. The fourth-order valence-electron chi connectivity index (χ4n) is 2.52. The van der Waals surface area contributed by atoms with Crippen molar-refractivity contribution in [3.63, 3.8) is 0 Å². The Balaban J connectivity index is 2.12. The van der Waals surface area contributed by atoms with Crippen LogP contribution >= 0.6 is 0 Å². The molecule has 3 aromatic rings. The first-order valence-corrected chi connectivity index (χ1v) is 6.63. The second-order valence-corrected chi connectivity index (χ2v) is 5.97. The normalized spacial score (nSPS) is 12.4. The molecule has 3 heteroatoms. The number of pyridine rings is 1. The third kappa shape index (κ3) is 2.22. The molecule has 0 amide bonds. The van der Waals surface area contributed by atoms with Crippen molar-refractivity contribution < 1.29 is 0 Å². The predicted octanol–water partition coefficient (Wildman–Crippen LogP) is 3.24. The van der Waals surface area contributed by atoms with Crippen LogP contribution in [0.5, 0.6) is 0 Å². The van der Waals surface area contributed by atoms with Gasteiger partial charge in [0, 0.05) is 34.2 Å². The van der Waals surface area contributed by atoms with Gasteiger partial charge in [-0.05, 0) is 42.1 Å². The van der Waals surface area contributed by atoms with Gasteiger partial charge >= 0.3 is 0 Å². The molecule has 2 aromatic heterocycles. The Morgan fingerprint density at radius 2 is 1.95 bits per heavy atom. The summed E-state index contributed by atoms with van der Waals surface area (Å²) in [6.45, 7) is 5.10. The molecule has 0 aliphatic heterocycles. The molecule has 1 aromatic carbocycles. The van der Waals surface area contributed by atoms with Crippen LogP contribution in [0.15, 0.2) is 36.7 Å². The fourth-order valence-corrected chi connectivity index (χ4v) is 2.52. The molecule has 0 saturated carbocycles. The third-order valence-corrected chi connectivity index (χ3v) is 3.70. The SMILES string of the molecule is CC(C)(CN)Cc1ccc2[nH]c3ccncc3c2c1. The monoisotopic (exact) mass is 253 g/mol. The van der Waals surface area contributed by atoms with Gasteiger partial charge in [-0.3, -0.25) is 4.98 Å². The van der Waals surface area contributed by atoms with E-state index in [1.165, 1.54) is 16.3 Å². The van der Waals surface area contributed by atoms with E-state index in [1.54, 1.807) is 0 Å². The fraction of sp³-hybridized carbons (Fsp3) is 0.312. The minimum atomic E-state index is 0.137. The summed E-state index contributed by atoms with van der Waals surface area (Å²) in [5.41, 5.74) is 9.59. The Bertz CT molecular complexity index is 725. The number of fused-ring (bicyclic) bond motifs is 3. The largest absolute Gasteiger partial charge is 0.354 e. The standard InChI is InChI=1S/C16H19N3/c1-16(2,10-17)8-11-3-4-14-12(7-11)13-9-18-6-5-15(13)19-14/h3-7,9,19H,8,10,17H2,1-2H3. The van der Waals surface area contributed by atoms with Gasteiger partial charge in [0.2, 0.25) is 0 Å². The number of nitrogens with two attached hydrogens (primary N) is 1. The molecule has 0 unspecified atom stereocenters. The molecule has 2 heterocycles. The highest BCUT2D eigenvalue weighted by Gasteiger charge is 2.16. The molecule has 3 N–H and O–H groups in total. The number of nitrogens with zero attached hydrogens (tertiary/aromatic N) is 1. The van der Waals surface area contributed by atoms with Gasteiger partial charge in [0.1, 0.15) is 0 Å². The van der Waals surface area contributed by atoms with E-state index < -0.39 is 0 Å². The molecule has 0 atom stereocenters. The summed E-state index contributed by atoms with van der Waals surface area (Å²) in [5, 5.41) is 2.43. The first kappa shape index (κ1) is 12.2. The van der Waals surface area contributed by atoms with E-state index in [4.69, 9.17) is 5.73 Å². The van der Waals surface area contributed by atoms with Crippen LogP contribution < -0.4 is 5.73 Å². The lowest BCUT2D eigenvalue weighted by Gasteiger charge is -2.22. The van der Waals surface area contributed by atoms with Crippen LogP contribution in [0.1, 0.15) is 19.4 Å². The quantitative estimate of drug-likeness (QED) is 0.753. The summed E-state index contributed by atoms with van der Waals surface area (Å²) < 4.78 is 0. The van der Waals surface area contributed by atoms with Crippen molar-refractivity contribution in [2.75, 3.05) is 6.54 Å². The van der Waals surface area contributed by atoms with Gasteiger partial charge in [0.05, 0.1) is 0 Å². The van der Waals surface area contributed by atoms with Gasteiger partial charge < -0.3 is 10.7 Å². The summed E-state index contributed by atoms with van der Waals surface area (Å²) in [4.78, 5) is 7.63. The minimum absolute atomic E-state index is 0.137. The molecule has 0 fully saturated rings. The topological polar surface area (TPSA) is 54.7 Å². The second kappa shape index (κ2) is 4.35. The van der Waals surface area contributed by atoms with Crippen LogP contribution in [0.25, 0.3) is 21.8 Å². The van der Waals surface area contributed by atoms with E-state index in [0.717, 1.165) is 17.5 Å². The molecule has 0 spiro atoms. The zero-order chi connectivity index (χ0) is 13.5. The Hall–Kier alpha value is -1.87. The number of aromatic nitrogens is 2. The summed E-state index contributed by atoms with van der Waals surface area (Å²) in [6.07, 6.45) is 4.73. The average molecular weight is 253 g/mol. The van der Waals surface area contributed by atoms with E-state index in [9.17, 15) is 0 Å². The number of benzene rings is 1. The van der Waals surface area contributed by atoms with Crippen molar-refractivity contribution in [3.05, 3.63) is 42.2 Å². The third-order valence-electron chi connectivity index (χ3n) is 3.70. The van der Waals surface area contributed by atoms with Crippen LogP contribution in [-0.2, 0) is 6.42 Å². The van der Waals surface area contributed by atoms with Crippen LogP contribution in [0.3, 0.4) is 0 Å². The molecule has 3 nitrogen and oxygen atoms in total. The summed E-state index contributed by atoms with van der Waals surface area (Å²) in [5.74, 6) is 0. The van der Waals surface area contributed by atoms with Crippen molar-refractivity contribution in [1.82, 2.24) is 9.97 Å². The molecular formula is C16H19N3. The molecule has 0 aliphatic carbocycles. The van der Waals surface area contributed by atoms with Crippen LogP contribution in [0.4, 0.5) is 0 Å². The van der Waals surface area contributed by atoms with Gasteiger partial charge in [0.15, 0.2) is 0 Å². The number of hydrogen-bond acceptors (Lipinski definition) is 2. The molecule has 19 heavy (non-hydrogen) atoms. The Morgan fingerprint density at radius 3 is 2.74 bits per heavy atom. The van der Waals surface area contributed by atoms with Crippen molar-refractivity contribution in [3.8, 4) is 0 Å². The number of H-pyrrole nitrogens is 1. The van der Waals surface area contributed by atoms with E-state index in [-0.39, 0.29) is 5.41 Å². The summed E-state index contributed by atoms with van der Waals surface area (Å²) in [6, 6.07) is 8.60. The summed E-state index contributed by atoms with van der Waals surface area (Å²) >= 11 is 0. The van der Waals surface area contributed by atoms with Crippen LogP contribution in [0.2, 0.25) is 0 Å². The van der Waals surface area contributed by atoms with Crippen molar-refractivity contribution in [2.45, 2.75) is 20.3 Å². The maximum Gasteiger partial charge on any atom is 0.0495 e. The molecule has 3 rings (SSSR count). The Kier molecular flexibility index (Phi) is 2.79. The highest BCUT2D eigenvalue weighted by molar-refractivity contribution is 6.06. The number of rotatable bonds is 3. The molecule has 0 radical (unpaired) electrons. The molecule has 0 aliphatic rings. The molecule has 0 saturated heterocycles. The lowest BCUT2D eigenvalue weighted by Crippen LogP contribution is -2.25. The van der Waals surface area contributed by atoms with E-state index in [1.807, 2.05) is 18.5 Å². The van der Waals surface area contributed by atoms with Crippen molar-refractivity contribution in [1.29, 1.82) is 0 Å². The number of hydrogen-bond donors (Lipinski definition) is 2. The smallest absolute Gasteiger partial charge is 0.0495 e. The van der Waals surface area contributed by atoms with Gasteiger partial charge in [-0.25, -0.2) is 0 Å². The van der Waals surface area contributed by atoms with Crippen LogP contribution in [-0.4, -0.2) is 16.5 Å². The number of aromatic amines is 1.